The van der Waals surface area contributed by atoms with E-state index in [9.17, 15) is 4.79 Å². The molecule has 0 saturated heterocycles. The lowest BCUT2D eigenvalue weighted by Gasteiger charge is -2.30. The number of aryl methyl sites for hydroxylation is 1. The molecule has 2 heterocycles. The van der Waals surface area contributed by atoms with Crippen LogP contribution in [0.5, 0.6) is 0 Å². The van der Waals surface area contributed by atoms with Crippen molar-refractivity contribution in [1.29, 1.82) is 0 Å². The molecule has 0 bridgehead atoms. The van der Waals surface area contributed by atoms with Crippen LogP contribution in [0.25, 0.3) is 0 Å². The number of carbonyl (C=O) groups is 1. The Kier molecular flexibility index (Phi) is 9.87. The number of rotatable bonds is 4. The number of halogens is 2. The first kappa shape index (κ1) is 24.0. The van der Waals surface area contributed by atoms with Gasteiger partial charge in [-0.25, -0.2) is 4.79 Å². The summed E-state index contributed by atoms with van der Waals surface area (Å²) in [7, 11) is 3.49. The molecule has 1 aliphatic carbocycles. The van der Waals surface area contributed by atoms with Crippen molar-refractivity contribution in [3.8, 4) is 0 Å². The lowest BCUT2D eigenvalue weighted by atomic mass is 9.86. The number of hydrogen-bond acceptors (Lipinski definition) is 4. The predicted molar refractivity (Wildman–Crippen MR) is 112 cm³/mol. The average Bonchev–Trinajstić information content (AvgIpc) is 2.86. The molecule has 1 saturated carbocycles. The van der Waals surface area contributed by atoms with Crippen LogP contribution in [0.4, 0.5) is 4.79 Å². The van der Waals surface area contributed by atoms with Gasteiger partial charge in [0.15, 0.2) is 0 Å². The number of carbonyl (C=O) groups excluding carboxylic acids is 1. The minimum Gasteiger partial charge on any atom is -0.332 e. The number of amides is 2. The van der Waals surface area contributed by atoms with Crippen molar-refractivity contribution in [2.24, 2.45) is 11.7 Å². The smallest absolute Gasteiger partial charge is 0.317 e. The summed E-state index contributed by atoms with van der Waals surface area (Å²) >= 11 is 0. The zero-order valence-corrected chi connectivity index (χ0v) is 18.0. The highest BCUT2D eigenvalue weighted by molar-refractivity contribution is 5.85. The van der Waals surface area contributed by atoms with Crippen molar-refractivity contribution in [2.75, 3.05) is 27.2 Å². The lowest BCUT2D eigenvalue weighted by molar-refractivity contribution is 0.190. The number of fused-ring (bicyclic) bond motifs is 1. The van der Waals surface area contributed by atoms with Gasteiger partial charge in [0.2, 0.25) is 0 Å². The largest absolute Gasteiger partial charge is 0.332 e. The van der Waals surface area contributed by atoms with Crippen molar-refractivity contribution in [1.82, 2.24) is 24.9 Å². The predicted octanol–water partition coefficient (Wildman–Crippen LogP) is 2.22. The van der Waals surface area contributed by atoms with Gasteiger partial charge in [-0.15, -0.1) is 24.8 Å². The van der Waals surface area contributed by atoms with Gasteiger partial charge in [-0.2, -0.15) is 5.10 Å². The molecule has 0 aromatic carbocycles. The van der Waals surface area contributed by atoms with Gasteiger partial charge in [0.05, 0.1) is 17.9 Å². The van der Waals surface area contributed by atoms with E-state index in [0.717, 1.165) is 37.7 Å². The average molecular weight is 421 g/mol. The maximum absolute atomic E-state index is 11.7. The first-order valence-corrected chi connectivity index (χ1v) is 9.50. The van der Waals surface area contributed by atoms with Crippen LogP contribution in [0, 0.1) is 5.92 Å². The zero-order chi connectivity index (χ0) is 17.8. The van der Waals surface area contributed by atoms with E-state index in [4.69, 9.17) is 5.73 Å². The zero-order valence-electron chi connectivity index (χ0n) is 16.4. The molecule has 0 spiro atoms. The molecule has 2 aliphatic rings. The normalized spacial score (nSPS) is 22.6. The summed E-state index contributed by atoms with van der Waals surface area (Å²) in [6.45, 7) is 4.71. The third-order valence-corrected chi connectivity index (χ3v) is 5.38. The third-order valence-electron chi connectivity index (χ3n) is 5.38. The van der Waals surface area contributed by atoms with Crippen LogP contribution in [0.1, 0.15) is 43.5 Å². The summed E-state index contributed by atoms with van der Waals surface area (Å²) < 4.78 is 2.12. The van der Waals surface area contributed by atoms with Gasteiger partial charge in [0.25, 0.3) is 0 Å². The highest BCUT2D eigenvalue weighted by atomic mass is 35.5. The first-order chi connectivity index (χ1) is 12.0. The Morgan fingerprint density at radius 1 is 1.26 bits per heavy atom. The number of nitrogens with zero attached hydrogens (tertiary/aromatic N) is 4. The van der Waals surface area contributed by atoms with Gasteiger partial charge in [-0.05, 0) is 44.1 Å². The quantitative estimate of drug-likeness (QED) is 0.782. The molecule has 1 aliphatic heterocycles. The Labute approximate surface area is 174 Å². The van der Waals surface area contributed by atoms with Gasteiger partial charge < -0.3 is 16.0 Å². The van der Waals surface area contributed by atoms with Gasteiger partial charge in [0.1, 0.15) is 0 Å². The van der Waals surface area contributed by atoms with E-state index >= 15 is 0 Å². The van der Waals surface area contributed by atoms with Crippen molar-refractivity contribution in [3.63, 3.8) is 0 Å². The molecule has 1 fully saturated rings. The first-order valence-electron chi connectivity index (χ1n) is 9.50. The number of aromatic nitrogens is 2. The minimum absolute atomic E-state index is 0. The molecule has 0 radical (unpaired) electrons. The number of nitrogens with one attached hydrogen (secondary N) is 1. The van der Waals surface area contributed by atoms with E-state index < -0.39 is 0 Å². The fourth-order valence-electron chi connectivity index (χ4n) is 3.89. The second-order valence-electron chi connectivity index (χ2n) is 7.77. The second kappa shape index (κ2) is 11.1. The Morgan fingerprint density at radius 3 is 2.63 bits per heavy atom. The Hall–Kier alpha value is -1.02. The van der Waals surface area contributed by atoms with Gasteiger partial charge in [0, 0.05) is 46.3 Å². The van der Waals surface area contributed by atoms with E-state index in [2.05, 4.69) is 26.1 Å². The molecule has 0 unspecified atom stereocenters. The molecular weight excluding hydrogens is 387 g/mol. The van der Waals surface area contributed by atoms with Crippen LogP contribution in [0.15, 0.2) is 6.07 Å². The van der Waals surface area contributed by atoms with E-state index in [1.165, 1.54) is 37.9 Å². The Bertz CT molecular complexity index is 586. The fourth-order valence-corrected chi connectivity index (χ4v) is 3.89. The van der Waals surface area contributed by atoms with Gasteiger partial charge >= 0.3 is 6.03 Å². The van der Waals surface area contributed by atoms with E-state index in [-0.39, 0.29) is 30.8 Å². The Morgan fingerprint density at radius 2 is 1.96 bits per heavy atom. The van der Waals surface area contributed by atoms with Gasteiger partial charge in [-0.1, -0.05) is 0 Å². The molecule has 0 atom stereocenters. The maximum atomic E-state index is 11.7. The standard InChI is InChI=1S/C18H32N6O.2ClH/c1-22(2)18(25)20-11-16-10-17-13-23(8-3-9-24(17)21-16)12-14-4-6-15(19)7-5-14;;/h10,14-15H,3-9,11-13,19H2,1-2H3,(H,20,25);2*1H. The molecule has 7 nitrogen and oxygen atoms in total. The molecule has 3 N–H and O–H groups in total. The van der Waals surface area contributed by atoms with Crippen LogP contribution in [0.2, 0.25) is 0 Å². The summed E-state index contributed by atoms with van der Waals surface area (Å²) in [5, 5.41) is 7.56. The maximum Gasteiger partial charge on any atom is 0.317 e. The third kappa shape index (κ3) is 6.82. The topological polar surface area (TPSA) is 79.4 Å². The number of hydrogen-bond donors (Lipinski definition) is 2. The van der Waals surface area contributed by atoms with E-state index in [0.29, 0.717) is 12.6 Å². The van der Waals surface area contributed by atoms with E-state index in [1.54, 1.807) is 19.0 Å². The highest BCUT2D eigenvalue weighted by Crippen LogP contribution is 2.25. The van der Waals surface area contributed by atoms with Crippen molar-refractivity contribution >= 4 is 30.8 Å². The molecule has 2 amide bonds. The lowest BCUT2D eigenvalue weighted by Crippen LogP contribution is -2.34. The van der Waals surface area contributed by atoms with Gasteiger partial charge in [-0.3, -0.25) is 9.58 Å². The van der Waals surface area contributed by atoms with Crippen molar-refractivity contribution in [3.05, 3.63) is 17.5 Å². The van der Waals surface area contributed by atoms with Crippen molar-refractivity contribution < 1.29 is 4.79 Å². The Balaban J connectivity index is 0.00000182. The molecule has 1 aromatic rings. The molecule has 9 heteroatoms. The second-order valence-corrected chi connectivity index (χ2v) is 7.77. The van der Waals surface area contributed by atoms with Crippen molar-refractivity contribution in [2.45, 2.75) is 57.8 Å². The monoisotopic (exact) mass is 420 g/mol. The highest BCUT2D eigenvalue weighted by Gasteiger charge is 2.23. The summed E-state index contributed by atoms with van der Waals surface area (Å²) in [4.78, 5) is 15.8. The molecule has 3 rings (SSSR count). The SMILES string of the molecule is CN(C)C(=O)NCc1cc2n(n1)CCCN(CC1CCC(N)CC1)C2.Cl.Cl. The minimum atomic E-state index is -0.0830. The molecule has 27 heavy (non-hydrogen) atoms. The van der Waals surface area contributed by atoms with Crippen LogP contribution in [-0.4, -0.2) is 58.8 Å². The van der Waals surface area contributed by atoms with E-state index in [1.807, 2.05) is 0 Å². The number of nitrogens with two attached hydrogens (primary N) is 1. The fraction of sp³-hybridized carbons (Fsp3) is 0.778. The molecule has 1 aromatic heterocycles. The van der Waals surface area contributed by atoms with Crippen LogP contribution < -0.4 is 11.1 Å². The summed E-state index contributed by atoms with van der Waals surface area (Å²) in [5.41, 5.74) is 8.23. The number of urea groups is 1. The van der Waals surface area contributed by atoms with Crippen LogP contribution >= 0.6 is 24.8 Å². The molecular formula is C18H34Cl2N6O. The van der Waals surface area contributed by atoms with Crippen LogP contribution in [0.3, 0.4) is 0 Å². The summed E-state index contributed by atoms with van der Waals surface area (Å²) in [5.74, 6) is 0.785. The molecule has 156 valence electrons. The summed E-state index contributed by atoms with van der Waals surface area (Å²) in [6.07, 6.45) is 6.00. The van der Waals surface area contributed by atoms with Crippen LogP contribution in [-0.2, 0) is 19.6 Å². The summed E-state index contributed by atoms with van der Waals surface area (Å²) in [6, 6.07) is 2.48.